The quantitative estimate of drug-likeness (QED) is 0.454. The van der Waals surface area contributed by atoms with Gasteiger partial charge in [-0.3, -0.25) is 0 Å². The second kappa shape index (κ2) is 6.58. The van der Waals surface area contributed by atoms with Crippen LogP contribution in [0.2, 0.25) is 0 Å². The van der Waals surface area contributed by atoms with Gasteiger partial charge in [-0.1, -0.05) is 52.9 Å². The first kappa shape index (κ1) is 17.6. The van der Waals surface area contributed by atoms with Crippen molar-refractivity contribution >= 4 is 22.6 Å². The maximum atomic E-state index is 6.38. The van der Waals surface area contributed by atoms with Crippen molar-refractivity contribution in [1.82, 2.24) is 0 Å². The molecule has 0 aliphatic carbocycles. The molecule has 1 heterocycles. The molecule has 3 rings (SSSR count). The van der Waals surface area contributed by atoms with Gasteiger partial charge in [-0.2, -0.15) is 0 Å². The molecule has 1 atom stereocenters. The highest BCUT2D eigenvalue weighted by molar-refractivity contribution is 14.1. The average Bonchev–Trinajstić information content (AvgIpc) is 2.55. The van der Waals surface area contributed by atoms with Crippen LogP contribution in [0.4, 0.5) is 0 Å². The Morgan fingerprint density at radius 3 is 2.42 bits per heavy atom. The van der Waals surface area contributed by atoms with E-state index >= 15 is 0 Å². The van der Waals surface area contributed by atoms with Crippen LogP contribution in [0.15, 0.2) is 30.3 Å². The summed E-state index contributed by atoms with van der Waals surface area (Å²) < 4.78 is 13.1. The molecule has 1 unspecified atom stereocenters. The maximum Gasteiger partial charge on any atom is 0.127 e. The van der Waals surface area contributed by atoms with Gasteiger partial charge < -0.3 is 9.47 Å². The van der Waals surface area contributed by atoms with Crippen LogP contribution in [0, 0.1) is 20.8 Å². The second-order valence-corrected chi connectivity index (χ2v) is 8.67. The van der Waals surface area contributed by atoms with E-state index in [4.69, 9.17) is 9.47 Å². The number of ether oxygens (including phenoxy) is 2. The third-order valence-electron chi connectivity index (χ3n) is 5.04. The van der Waals surface area contributed by atoms with Crippen LogP contribution < -0.4 is 9.47 Å². The summed E-state index contributed by atoms with van der Waals surface area (Å²) in [6.07, 6.45) is 1.03. The van der Waals surface area contributed by atoms with Crippen molar-refractivity contribution in [2.24, 2.45) is 0 Å². The Labute approximate surface area is 158 Å². The summed E-state index contributed by atoms with van der Waals surface area (Å²) in [5.41, 5.74) is 5.97. The molecule has 0 bridgehead atoms. The van der Waals surface area contributed by atoms with Crippen LogP contribution in [-0.2, 0) is 13.0 Å². The van der Waals surface area contributed by atoms with E-state index in [0.29, 0.717) is 10.5 Å². The summed E-state index contributed by atoms with van der Waals surface area (Å²) in [7, 11) is 0. The second-order valence-electron chi connectivity index (χ2n) is 7.16. The van der Waals surface area contributed by atoms with Crippen molar-refractivity contribution in [3.05, 3.63) is 58.1 Å². The lowest BCUT2D eigenvalue weighted by molar-refractivity contribution is 0.0947. The lowest BCUT2D eigenvalue weighted by atomic mass is 9.88. The van der Waals surface area contributed by atoms with Gasteiger partial charge in [0.25, 0.3) is 0 Å². The third-order valence-corrected chi connectivity index (χ3v) is 6.98. The SMILES string of the molecule is Cc1c(C)c2c(c(C)c1OCc1ccccc1)CC(I)C(C)(C)O2. The standard InChI is InChI=1S/C21H25IO2/c1-13-14(2)20-17(11-18(22)21(4,5)24-20)15(3)19(13)23-12-16-9-7-6-8-10-16/h6-10,18H,11-12H2,1-5H3. The summed E-state index contributed by atoms with van der Waals surface area (Å²) in [6.45, 7) is 11.4. The van der Waals surface area contributed by atoms with Gasteiger partial charge in [-0.05, 0) is 63.3 Å². The minimum atomic E-state index is -0.135. The fraction of sp³-hybridized carbons (Fsp3) is 0.429. The van der Waals surface area contributed by atoms with Crippen LogP contribution in [0.3, 0.4) is 0 Å². The first-order chi connectivity index (χ1) is 11.3. The predicted molar refractivity (Wildman–Crippen MR) is 108 cm³/mol. The molecule has 1 aliphatic rings. The Morgan fingerprint density at radius 1 is 1.08 bits per heavy atom. The Bertz CT molecular complexity index is 750. The monoisotopic (exact) mass is 436 g/mol. The molecular weight excluding hydrogens is 411 g/mol. The molecule has 0 N–H and O–H groups in total. The van der Waals surface area contributed by atoms with Crippen molar-refractivity contribution in [3.63, 3.8) is 0 Å². The molecule has 2 aromatic rings. The third kappa shape index (κ3) is 3.15. The predicted octanol–water partition coefficient (Wildman–Crippen LogP) is 5.71. The fourth-order valence-electron chi connectivity index (χ4n) is 3.24. The number of rotatable bonds is 3. The van der Waals surface area contributed by atoms with Crippen molar-refractivity contribution in [2.75, 3.05) is 0 Å². The smallest absolute Gasteiger partial charge is 0.127 e. The van der Waals surface area contributed by atoms with Crippen molar-refractivity contribution in [2.45, 2.75) is 57.2 Å². The summed E-state index contributed by atoms with van der Waals surface area (Å²) in [4.78, 5) is 0. The Kier molecular flexibility index (Phi) is 4.82. The van der Waals surface area contributed by atoms with Gasteiger partial charge in [0, 0.05) is 5.56 Å². The Morgan fingerprint density at radius 2 is 1.75 bits per heavy atom. The van der Waals surface area contributed by atoms with Crippen molar-refractivity contribution < 1.29 is 9.47 Å². The lowest BCUT2D eigenvalue weighted by Gasteiger charge is -2.39. The van der Waals surface area contributed by atoms with Crippen LogP contribution in [0.1, 0.15) is 41.7 Å². The van der Waals surface area contributed by atoms with Crippen molar-refractivity contribution in [1.29, 1.82) is 0 Å². The van der Waals surface area contributed by atoms with Gasteiger partial charge in [-0.25, -0.2) is 0 Å². The van der Waals surface area contributed by atoms with E-state index in [9.17, 15) is 0 Å². The topological polar surface area (TPSA) is 18.5 Å². The summed E-state index contributed by atoms with van der Waals surface area (Å²) >= 11 is 2.51. The first-order valence-electron chi connectivity index (χ1n) is 8.43. The zero-order valence-corrected chi connectivity index (χ0v) is 17.2. The summed E-state index contributed by atoms with van der Waals surface area (Å²) in [5, 5.41) is 0. The van der Waals surface area contributed by atoms with Crippen LogP contribution in [0.25, 0.3) is 0 Å². The summed E-state index contributed by atoms with van der Waals surface area (Å²) in [5.74, 6) is 2.08. The molecule has 0 saturated carbocycles. The number of alkyl halides is 1. The van der Waals surface area contributed by atoms with Gasteiger partial charge in [0.2, 0.25) is 0 Å². The van der Waals surface area contributed by atoms with E-state index in [1.807, 2.05) is 18.2 Å². The Hall–Kier alpha value is -1.23. The molecule has 0 radical (unpaired) electrons. The lowest BCUT2D eigenvalue weighted by Crippen LogP contribution is -2.43. The molecule has 2 nitrogen and oxygen atoms in total. The zero-order valence-electron chi connectivity index (χ0n) is 15.1. The van der Waals surface area contributed by atoms with E-state index < -0.39 is 0 Å². The minimum absolute atomic E-state index is 0.135. The van der Waals surface area contributed by atoms with Crippen molar-refractivity contribution in [3.8, 4) is 11.5 Å². The molecule has 2 aromatic carbocycles. The molecule has 0 saturated heterocycles. The van der Waals surface area contributed by atoms with E-state index in [-0.39, 0.29) is 5.60 Å². The minimum Gasteiger partial charge on any atom is -0.488 e. The molecular formula is C21H25IO2. The average molecular weight is 436 g/mol. The van der Waals surface area contributed by atoms with E-state index in [0.717, 1.165) is 17.9 Å². The summed E-state index contributed by atoms with van der Waals surface area (Å²) in [6, 6.07) is 10.3. The molecule has 24 heavy (non-hydrogen) atoms. The van der Waals surface area contributed by atoms with Gasteiger partial charge in [-0.15, -0.1) is 0 Å². The Balaban J connectivity index is 1.97. The highest BCUT2D eigenvalue weighted by Gasteiger charge is 2.37. The molecule has 0 spiro atoms. The molecule has 0 amide bonds. The zero-order chi connectivity index (χ0) is 17.5. The van der Waals surface area contributed by atoms with Gasteiger partial charge in [0.15, 0.2) is 0 Å². The number of benzene rings is 2. The van der Waals surface area contributed by atoms with E-state index in [2.05, 4.69) is 69.3 Å². The fourth-order valence-corrected chi connectivity index (χ4v) is 3.81. The van der Waals surface area contributed by atoms with Crippen LogP contribution in [0.5, 0.6) is 11.5 Å². The highest BCUT2D eigenvalue weighted by Crippen LogP contribution is 2.45. The first-order valence-corrected chi connectivity index (χ1v) is 9.68. The molecule has 0 fully saturated rings. The molecule has 128 valence electrons. The molecule has 0 aromatic heterocycles. The maximum absolute atomic E-state index is 6.38. The largest absolute Gasteiger partial charge is 0.488 e. The van der Waals surface area contributed by atoms with E-state index in [1.165, 1.54) is 27.8 Å². The van der Waals surface area contributed by atoms with Gasteiger partial charge >= 0.3 is 0 Å². The van der Waals surface area contributed by atoms with E-state index in [1.54, 1.807) is 0 Å². The highest BCUT2D eigenvalue weighted by atomic mass is 127. The number of hydrogen-bond donors (Lipinski definition) is 0. The normalized spacial score (nSPS) is 18.7. The molecule has 3 heteroatoms. The van der Waals surface area contributed by atoms with Gasteiger partial charge in [0.1, 0.15) is 23.7 Å². The number of fused-ring (bicyclic) bond motifs is 1. The number of halogens is 1. The number of hydrogen-bond acceptors (Lipinski definition) is 2. The molecule has 1 aliphatic heterocycles. The van der Waals surface area contributed by atoms with Gasteiger partial charge in [0.05, 0.1) is 3.92 Å². The van der Waals surface area contributed by atoms with Crippen LogP contribution in [-0.4, -0.2) is 9.53 Å². The van der Waals surface area contributed by atoms with Crippen LogP contribution >= 0.6 is 22.6 Å².